The minimum absolute atomic E-state index is 0.0660. The summed E-state index contributed by atoms with van der Waals surface area (Å²) in [5.41, 5.74) is 0.645. The molecule has 0 spiro atoms. The number of hydrogen-bond donors (Lipinski definition) is 4. The van der Waals surface area contributed by atoms with Crippen LogP contribution in [0.4, 0.5) is 0 Å². The van der Waals surface area contributed by atoms with Crippen LogP contribution in [-0.4, -0.2) is 71.0 Å². The van der Waals surface area contributed by atoms with Crippen LogP contribution in [0.3, 0.4) is 0 Å². The van der Waals surface area contributed by atoms with Gasteiger partial charge in [0.05, 0.1) is 18.6 Å². The number of carbonyl (C=O) groups is 2. The highest BCUT2D eigenvalue weighted by Crippen LogP contribution is 1.98. The van der Waals surface area contributed by atoms with E-state index >= 15 is 0 Å². The maximum atomic E-state index is 11.4. The number of aromatic amines is 1. The predicted octanol–water partition coefficient (Wildman–Crippen LogP) is -1.27. The van der Waals surface area contributed by atoms with Gasteiger partial charge < -0.3 is 30.3 Å². The fourth-order valence-corrected chi connectivity index (χ4v) is 1.84. The summed E-state index contributed by atoms with van der Waals surface area (Å²) in [6, 6.07) is -0.760. The van der Waals surface area contributed by atoms with Crippen molar-refractivity contribution in [3.8, 4) is 0 Å². The number of amides is 1. The van der Waals surface area contributed by atoms with Crippen LogP contribution in [0.5, 0.6) is 0 Å². The Balaban J connectivity index is 2.06. The highest BCUT2D eigenvalue weighted by Gasteiger charge is 2.17. The number of nitrogens with one attached hydrogen (secondary N) is 3. The molecule has 12 heteroatoms. The van der Waals surface area contributed by atoms with Crippen molar-refractivity contribution in [1.29, 1.82) is 0 Å². The first kappa shape index (κ1) is 20.3. The van der Waals surface area contributed by atoms with Crippen LogP contribution in [-0.2, 0) is 25.6 Å². The third-order valence-electron chi connectivity index (χ3n) is 2.99. The van der Waals surface area contributed by atoms with Crippen molar-refractivity contribution >= 4 is 11.9 Å². The van der Waals surface area contributed by atoms with Crippen LogP contribution >= 0.6 is 0 Å². The fourth-order valence-electron chi connectivity index (χ4n) is 1.84. The third-order valence-corrected chi connectivity index (χ3v) is 2.99. The molecule has 0 fully saturated rings. The molecule has 1 aromatic rings. The Hall–Kier alpha value is -2.73. The van der Waals surface area contributed by atoms with E-state index in [1.54, 1.807) is 6.20 Å². The van der Waals surface area contributed by atoms with Gasteiger partial charge in [-0.25, -0.2) is 4.98 Å². The molecule has 1 heterocycles. The molecule has 0 aliphatic carbocycles. The molecular formula is C13H21N5O7. The monoisotopic (exact) mass is 359 g/mol. The Morgan fingerprint density at radius 2 is 2.20 bits per heavy atom. The molecule has 1 atom stereocenters. The van der Waals surface area contributed by atoms with Crippen molar-refractivity contribution < 1.29 is 29.4 Å². The molecule has 0 aliphatic rings. The zero-order valence-electron chi connectivity index (χ0n) is 13.5. The van der Waals surface area contributed by atoms with E-state index in [1.807, 2.05) is 0 Å². The normalized spacial score (nSPS) is 11.7. The lowest BCUT2D eigenvalue weighted by molar-refractivity contribution is -0.758. The quantitative estimate of drug-likeness (QED) is 0.180. The number of aliphatic carboxylic acids is 1. The molecule has 1 amide bonds. The van der Waals surface area contributed by atoms with Crippen LogP contribution in [0.15, 0.2) is 12.5 Å². The number of carboxylic acid groups (broad SMARTS) is 1. The first-order chi connectivity index (χ1) is 12.0. The zero-order valence-corrected chi connectivity index (χ0v) is 13.5. The number of rotatable bonds is 14. The van der Waals surface area contributed by atoms with Crippen molar-refractivity contribution in [1.82, 2.24) is 20.6 Å². The van der Waals surface area contributed by atoms with Gasteiger partial charge >= 0.3 is 5.97 Å². The maximum absolute atomic E-state index is 11.4. The maximum Gasteiger partial charge on any atom is 0.321 e. The first-order valence-electron chi connectivity index (χ1n) is 7.54. The Morgan fingerprint density at radius 3 is 2.84 bits per heavy atom. The van der Waals surface area contributed by atoms with Crippen LogP contribution in [0.1, 0.15) is 12.1 Å². The van der Waals surface area contributed by atoms with E-state index in [0.29, 0.717) is 25.2 Å². The molecule has 0 bridgehead atoms. The molecule has 0 aromatic carbocycles. The highest BCUT2D eigenvalue weighted by atomic mass is 17.0. The Labute approximate surface area is 143 Å². The largest absolute Gasteiger partial charge is 0.480 e. The van der Waals surface area contributed by atoms with Crippen LogP contribution in [0, 0.1) is 10.1 Å². The Bertz CT molecular complexity index is 537. The summed E-state index contributed by atoms with van der Waals surface area (Å²) in [4.78, 5) is 43.2. The second kappa shape index (κ2) is 11.8. The lowest BCUT2D eigenvalue weighted by atomic mass is 10.1. The number of ether oxygens (including phenoxy) is 1. The lowest BCUT2D eigenvalue weighted by Crippen LogP contribution is -2.40. The van der Waals surface area contributed by atoms with E-state index in [0.717, 1.165) is 0 Å². The number of aromatic nitrogens is 2. The van der Waals surface area contributed by atoms with Gasteiger partial charge in [0, 0.05) is 19.2 Å². The SMILES string of the molecule is O=C(COCCO[N+](=O)[O-])NCCCN[C@@H](Cc1c[nH]cn1)C(=O)O. The third kappa shape index (κ3) is 9.88. The van der Waals surface area contributed by atoms with Gasteiger partial charge in [-0.2, -0.15) is 0 Å². The summed E-state index contributed by atoms with van der Waals surface area (Å²) in [5, 5.41) is 23.6. The zero-order chi connectivity index (χ0) is 18.5. The number of imidazole rings is 1. The highest BCUT2D eigenvalue weighted by molar-refractivity contribution is 5.77. The number of carboxylic acids is 1. The van der Waals surface area contributed by atoms with Gasteiger partial charge in [-0.15, -0.1) is 10.1 Å². The molecule has 0 aliphatic heterocycles. The van der Waals surface area contributed by atoms with Crippen molar-refractivity contribution in [2.24, 2.45) is 0 Å². The van der Waals surface area contributed by atoms with E-state index in [-0.39, 0.29) is 32.1 Å². The summed E-state index contributed by atoms with van der Waals surface area (Å²) in [7, 11) is 0. The number of hydrogen-bond acceptors (Lipinski definition) is 8. The van der Waals surface area contributed by atoms with Gasteiger partial charge in [0.2, 0.25) is 5.91 Å². The van der Waals surface area contributed by atoms with Gasteiger partial charge in [-0.1, -0.05) is 0 Å². The summed E-state index contributed by atoms with van der Waals surface area (Å²) in [6.45, 7) is 0.208. The molecule has 12 nitrogen and oxygen atoms in total. The standard InChI is InChI=1S/C13H21N5O7/c19-12(8-24-4-5-25-18(22)23)16-3-1-2-15-11(13(20)21)6-10-7-14-9-17-10/h7,9,11,15H,1-6,8H2,(H,14,17)(H,16,19)(H,20,21)/t11-/m0/s1. The Morgan fingerprint density at radius 1 is 1.40 bits per heavy atom. The fraction of sp³-hybridized carbons (Fsp3) is 0.615. The van der Waals surface area contributed by atoms with Crippen LogP contribution in [0.2, 0.25) is 0 Å². The van der Waals surface area contributed by atoms with Crippen molar-refractivity contribution in [3.63, 3.8) is 0 Å². The molecule has 1 aromatic heterocycles. The second-order valence-electron chi connectivity index (χ2n) is 4.92. The summed E-state index contributed by atoms with van der Waals surface area (Å²) in [5.74, 6) is -1.34. The lowest BCUT2D eigenvalue weighted by Gasteiger charge is -2.13. The molecule has 1 rings (SSSR count). The van der Waals surface area contributed by atoms with Crippen molar-refractivity contribution in [2.45, 2.75) is 18.9 Å². The molecule has 0 saturated carbocycles. The second-order valence-corrected chi connectivity index (χ2v) is 4.92. The van der Waals surface area contributed by atoms with E-state index in [4.69, 9.17) is 9.84 Å². The van der Waals surface area contributed by atoms with Gasteiger partial charge in [0.1, 0.15) is 19.3 Å². The molecule has 0 radical (unpaired) electrons. The Kier molecular flexibility index (Phi) is 9.55. The minimum atomic E-state index is -0.975. The van der Waals surface area contributed by atoms with E-state index in [9.17, 15) is 19.7 Å². The molecule has 4 N–H and O–H groups in total. The molecule has 140 valence electrons. The first-order valence-corrected chi connectivity index (χ1v) is 7.54. The van der Waals surface area contributed by atoms with E-state index in [2.05, 4.69) is 25.4 Å². The molecular weight excluding hydrogens is 338 g/mol. The van der Waals surface area contributed by atoms with Gasteiger partial charge in [-0.05, 0) is 13.0 Å². The summed E-state index contributed by atoms with van der Waals surface area (Å²) in [6.07, 6.45) is 3.90. The number of H-pyrrole nitrogens is 1. The smallest absolute Gasteiger partial charge is 0.321 e. The van der Waals surface area contributed by atoms with Crippen LogP contribution < -0.4 is 10.6 Å². The average molecular weight is 359 g/mol. The summed E-state index contributed by atoms with van der Waals surface area (Å²) >= 11 is 0. The number of nitrogens with zero attached hydrogens (tertiary/aromatic N) is 2. The van der Waals surface area contributed by atoms with Gasteiger partial charge in [0.15, 0.2) is 0 Å². The average Bonchev–Trinajstić information content (AvgIpc) is 3.05. The van der Waals surface area contributed by atoms with E-state index < -0.39 is 17.1 Å². The number of carbonyl (C=O) groups excluding carboxylic acids is 1. The summed E-state index contributed by atoms with van der Waals surface area (Å²) < 4.78 is 4.89. The molecule has 25 heavy (non-hydrogen) atoms. The van der Waals surface area contributed by atoms with E-state index in [1.165, 1.54) is 6.33 Å². The van der Waals surface area contributed by atoms with Crippen LogP contribution in [0.25, 0.3) is 0 Å². The molecule has 0 unspecified atom stereocenters. The van der Waals surface area contributed by atoms with Crippen molar-refractivity contribution in [3.05, 3.63) is 28.3 Å². The van der Waals surface area contributed by atoms with Gasteiger partial charge in [0.25, 0.3) is 5.09 Å². The predicted molar refractivity (Wildman–Crippen MR) is 83.1 cm³/mol. The topological polar surface area (TPSA) is 169 Å². The van der Waals surface area contributed by atoms with Crippen molar-refractivity contribution in [2.75, 3.05) is 32.9 Å². The minimum Gasteiger partial charge on any atom is -0.480 e. The molecule has 0 saturated heterocycles. The van der Waals surface area contributed by atoms with Gasteiger partial charge in [-0.3, -0.25) is 9.59 Å².